The minimum atomic E-state index is -0.476. The van der Waals surface area contributed by atoms with Gasteiger partial charge in [0.1, 0.15) is 17.7 Å². The van der Waals surface area contributed by atoms with Gasteiger partial charge in [0, 0.05) is 18.8 Å². The summed E-state index contributed by atoms with van der Waals surface area (Å²) >= 11 is 4.35. The number of piperidine rings is 1. The van der Waals surface area contributed by atoms with Crippen LogP contribution in [0.5, 0.6) is 0 Å². The van der Waals surface area contributed by atoms with Crippen LogP contribution in [0.3, 0.4) is 0 Å². The molecule has 2 aliphatic rings. The van der Waals surface area contributed by atoms with Crippen molar-refractivity contribution in [3.63, 3.8) is 0 Å². The zero-order chi connectivity index (χ0) is 17.8. The van der Waals surface area contributed by atoms with Gasteiger partial charge in [0.2, 0.25) is 0 Å². The molecule has 0 radical (unpaired) electrons. The zero-order valence-corrected chi connectivity index (χ0v) is 15.5. The molecule has 25 heavy (non-hydrogen) atoms. The Balaban J connectivity index is 1.53. The summed E-state index contributed by atoms with van der Waals surface area (Å²) in [6, 6.07) is 2.26. The Morgan fingerprint density at radius 1 is 1.36 bits per heavy atom. The summed E-state index contributed by atoms with van der Waals surface area (Å²) in [5.41, 5.74) is 0.295. The molecule has 3 unspecified atom stereocenters. The topological polar surface area (TPSA) is 72.3 Å². The molecular weight excluding hydrogens is 338 g/mol. The van der Waals surface area contributed by atoms with Gasteiger partial charge in [0.25, 0.3) is 0 Å². The average Bonchev–Trinajstić information content (AvgIpc) is 3.21. The predicted molar refractivity (Wildman–Crippen MR) is 98.8 cm³/mol. The van der Waals surface area contributed by atoms with Crippen molar-refractivity contribution in [3.05, 3.63) is 18.6 Å². The minimum Gasteiger partial charge on any atom is -0.444 e. The Labute approximate surface area is 152 Å². The van der Waals surface area contributed by atoms with Gasteiger partial charge in [-0.25, -0.2) is 14.8 Å². The second-order valence-corrected chi connectivity index (χ2v) is 8.34. The van der Waals surface area contributed by atoms with Gasteiger partial charge in [0.05, 0.1) is 11.4 Å². The molecule has 2 bridgehead atoms. The molecule has 134 valence electrons. The first kappa shape index (κ1) is 16.5. The van der Waals surface area contributed by atoms with Crippen LogP contribution in [0, 0.1) is 5.92 Å². The van der Waals surface area contributed by atoms with Gasteiger partial charge in [0.15, 0.2) is 5.65 Å². The number of nitrogens with one attached hydrogen (secondary N) is 1. The van der Waals surface area contributed by atoms with E-state index in [4.69, 9.17) is 4.74 Å². The van der Waals surface area contributed by atoms with Crippen molar-refractivity contribution >= 4 is 35.8 Å². The number of carbonyl (C=O) groups is 1. The fourth-order valence-electron chi connectivity index (χ4n) is 3.94. The van der Waals surface area contributed by atoms with Crippen LogP contribution in [0.2, 0.25) is 0 Å². The number of carbonyl (C=O) groups excluding carboxylic acids is 1. The molecule has 0 aromatic carbocycles. The molecule has 7 nitrogen and oxygen atoms in total. The number of fused-ring (bicyclic) bond motifs is 3. The van der Waals surface area contributed by atoms with Crippen molar-refractivity contribution in [2.45, 2.75) is 51.3 Å². The number of hydrogen-bond donors (Lipinski definition) is 2. The van der Waals surface area contributed by atoms with E-state index in [1.54, 1.807) is 3.97 Å². The summed E-state index contributed by atoms with van der Waals surface area (Å²) in [6.07, 6.45) is 5.22. The normalized spacial score (nSPS) is 25.6. The van der Waals surface area contributed by atoms with Gasteiger partial charge in [-0.1, -0.05) is 12.8 Å². The number of thiol groups is 1. The first-order chi connectivity index (χ1) is 11.8. The number of amides is 1. The monoisotopic (exact) mass is 361 g/mol. The molecule has 2 fully saturated rings. The zero-order valence-electron chi connectivity index (χ0n) is 14.6. The fraction of sp³-hybridized carbons (Fsp3) is 0.588. The van der Waals surface area contributed by atoms with E-state index in [-0.39, 0.29) is 18.2 Å². The fourth-order valence-corrected chi connectivity index (χ4v) is 4.17. The minimum absolute atomic E-state index is 0.142. The second kappa shape index (κ2) is 5.79. The number of hydrogen-bond acceptors (Lipinski definition) is 6. The molecule has 1 aliphatic heterocycles. The molecule has 4 rings (SSSR count). The van der Waals surface area contributed by atoms with Crippen molar-refractivity contribution < 1.29 is 9.53 Å². The molecule has 1 saturated heterocycles. The second-order valence-electron chi connectivity index (χ2n) is 7.91. The molecule has 8 heteroatoms. The Bertz CT molecular complexity index is 815. The maximum atomic E-state index is 12.5. The molecule has 1 N–H and O–H groups in total. The number of anilines is 1. The molecule has 2 aromatic rings. The number of likely N-dealkylation sites (tertiary alicyclic amines) is 1. The molecule has 2 aromatic heterocycles. The number of nitrogens with zero attached hydrogens (tertiary/aromatic N) is 4. The van der Waals surface area contributed by atoms with E-state index < -0.39 is 5.60 Å². The number of aromatic nitrogens is 3. The van der Waals surface area contributed by atoms with Crippen LogP contribution < -0.4 is 5.32 Å². The van der Waals surface area contributed by atoms with Crippen LogP contribution >= 0.6 is 12.8 Å². The van der Waals surface area contributed by atoms with E-state index >= 15 is 0 Å². The van der Waals surface area contributed by atoms with Crippen molar-refractivity contribution in [1.82, 2.24) is 18.8 Å². The summed E-state index contributed by atoms with van der Waals surface area (Å²) in [5.74, 6) is 1.31. The lowest BCUT2D eigenvalue weighted by atomic mass is 10.1. The van der Waals surface area contributed by atoms with Crippen LogP contribution in [0.4, 0.5) is 10.6 Å². The van der Waals surface area contributed by atoms with Crippen molar-refractivity contribution in [3.8, 4) is 0 Å². The molecule has 3 atom stereocenters. The Morgan fingerprint density at radius 3 is 2.88 bits per heavy atom. The molecule has 0 spiro atoms. The molecule has 1 aliphatic carbocycles. The van der Waals surface area contributed by atoms with E-state index in [9.17, 15) is 4.79 Å². The summed E-state index contributed by atoms with van der Waals surface area (Å²) in [5, 5.41) is 4.46. The van der Waals surface area contributed by atoms with Gasteiger partial charge in [-0.3, -0.25) is 3.97 Å². The SMILES string of the molecule is CC(C)(C)OC(=O)N1CC2CC(Nc3ncnc4c3ccn4S)C1C2. The Morgan fingerprint density at radius 2 is 2.16 bits per heavy atom. The Kier molecular flexibility index (Phi) is 3.82. The van der Waals surface area contributed by atoms with Crippen molar-refractivity contribution in [1.29, 1.82) is 0 Å². The maximum absolute atomic E-state index is 12.5. The van der Waals surface area contributed by atoms with Gasteiger partial charge >= 0.3 is 6.09 Å². The van der Waals surface area contributed by atoms with Gasteiger partial charge in [-0.2, -0.15) is 0 Å². The highest BCUT2D eigenvalue weighted by atomic mass is 32.1. The molecule has 3 heterocycles. The average molecular weight is 361 g/mol. The summed E-state index contributed by atoms with van der Waals surface area (Å²) in [7, 11) is 0. The van der Waals surface area contributed by atoms with E-state index in [2.05, 4.69) is 28.1 Å². The largest absolute Gasteiger partial charge is 0.444 e. The molecular formula is C17H23N5O2S. The predicted octanol–water partition coefficient (Wildman–Crippen LogP) is 2.93. The third kappa shape index (κ3) is 3.03. The highest BCUT2D eigenvalue weighted by Crippen LogP contribution is 2.40. The van der Waals surface area contributed by atoms with Crippen LogP contribution in [0.1, 0.15) is 33.6 Å². The highest BCUT2D eigenvalue weighted by molar-refractivity contribution is 7.78. The Hall–Kier alpha value is -1.96. The smallest absolute Gasteiger partial charge is 0.410 e. The third-order valence-electron chi connectivity index (χ3n) is 4.89. The quantitative estimate of drug-likeness (QED) is 0.805. The van der Waals surface area contributed by atoms with Gasteiger partial charge < -0.3 is 15.0 Å². The van der Waals surface area contributed by atoms with Gasteiger partial charge in [-0.15, -0.1) is 0 Å². The number of rotatable bonds is 2. The summed E-state index contributed by atoms with van der Waals surface area (Å²) in [4.78, 5) is 23.0. The lowest BCUT2D eigenvalue weighted by molar-refractivity contribution is 0.0179. The molecule has 1 saturated carbocycles. The first-order valence-electron chi connectivity index (χ1n) is 8.59. The standard InChI is InChI=1S/C17H23N5O2S/c1-17(2,3)24-16(23)21-8-10-6-12(13(21)7-10)20-14-11-4-5-22(25)15(11)19-9-18-14/h4-5,9-10,12-13,25H,6-8H2,1-3H3,(H,18,19,20). The lowest BCUT2D eigenvalue weighted by Crippen LogP contribution is -2.49. The van der Waals surface area contributed by atoms with Crippen molar-refractivity contribution in [2.75, 3.05) is 11.9 Å². The number of ether oxygens (including phenoxy) is 1. The van der Waals surface area contributed by atoms with Gasteiger partial charge in [-0.05, 0) is 45.6 Å². The lowest BCUT2D eigenvalue weighted by Gasteiger charge is -2.35. The van der Waals surface area contributed by atoms with E-state index in [1.165, 1.54) is 6.33 Å². The van der Waals surface area contributed by atoms with E-state index in [0.29, 0.717) is 5.92 Å². The summed E-state index contributed by atoms with van der Waals surface area (Å²) < 4.78 is 7.24. The summed E-state index contributed by atoms with van der Waals surface area (Å²) in [6.45, 7) is 6.47. The van der Waals surface area contributed by atoms with Crippen molar-refractivity contribution in [2.24, 2.45) is 5.92 Å². The molecule has 1 amide bonds. The van der Waals surface area contributed by atoms with Crippen LogP contribution in [0.15, 0.2) is 18.6 Å². The highest BCUT2D eigenvalue weighted by Gasteiger charge is 2.48. The van der Waals surface area contributed by atoms with E-state index in [0.717, 1.165) is 36.2 Å². The van der Waals surface area contributed by atoms with Crippen LogP contribution in [-0.4, -0.2) is 49.2 Å². The van der Waals surface area contributed by atoms with Crippen LogP contribution in [0.25, 0.3) is 11.0 Å². The van der Waals surface area contributed by atoms with E-state index in [1.807, 2.05) is 37.9 Å². The third-order valence-corrected chi connectivity index (χ3v) is 5.22. The van der Waals surface area contributed by atoms with Crippen LogP contribution in [-0.2, 0) is 4.74 Å². The first-order valence-corrected chi connectivity index (χ1v) is 8.99. The maximum Gasteiger partial charge on any atom is 0.410 e.